The van der Waals surface area contributed by atoms with E-state index in [0.29, 0.717) is 23.5 Å². The molecule has 170 valence electrons. The molecule has 3 unspecified atom stereocenters. The van der Waals surface area contributed by atoms with Gasteiger partial charge in [0.05, 0.1) is 5.71 Å². The molecule has 5 aliphatic carbocycles. The van der Waals surface area contributed by atoms with Crippen molar-refractivity contribution < 1.29 is 14.4 Å². The first-order valence-corrected chi connectivity index (χ1v) is 12.7. The average Bonchev–Trinajstić information content (AvgIpc) is 3.02. The van der Waals surface area contributed by atoms with E-state index in [2.05, 4.69) is 25.1 Å². The predicted octanol–water partition coefficient (Wildman–Crippen LogP) is 6.24. The third-order valence-corrected chi connectivity index (χ3v) is 10.9. The summed E-state index contributed by atoms with van der Waals surface area (Å²) >= 11 is 0. The Bertz CT molecular complexity index is 859. The highest BCUT2D eigenvalue weighted by atomic mass is 16.7. The minimum absolute atomic E-state index is 0.0473. The maximum absolute atomic E-state index is 13.2. The van der Waals surface area contributed by atoms with Gasteiger partial charge in [-0.15, -0.1) is 0 Å². The summed E-state index contributed by atoms with van der Waals surface area (Å²) in [6.45, 7) is 8.32. The van der Waals surface area contributed by atoms with E-state index in [0.717, 1.165) is 37.3 Å². The first-order valence-electron chi connectivity index (χ1n) is 12.7. The highest BCUT2D eigenvalue weighted by molar-refractivity contribution is 5.96. The standard InChI is InChI=1S/C27H39NO3/c1-17(29)27-12-6-5-7-20(27)16-24-22-9-8-19-15-21(28-31-18(2)30)10-13-25(19,3)23(22)11-14-26(24,27)4/h15,20,22-24H,5-14,16H2,1-4H3/b28-21+/t20-,22?,23?,24?,25+,26+,27+/m1/s1. The lowest BCUT2D eigenvalue weighted by molar-refractivity contribution is -0.147. The molecule has 5 aliphatic rings. The number of rotatable bonds is 2. The highest BCUT2D eigenvalue weighted by Crippen LogP contribution is 2.74. The first kappa shape index (κ1) is 21.4. The first-order chi connectivity index (χ1) is 14.7. The lowest BCUT2D eigenvalue weighted by Gasteiger charge is -2.60. The molecule has 4 nitrogen and oxygen atoms in total. The quantitative estimate of drug-likeness (QED) is 0.388. The number of carbonyl (C=O) groups excluding carboxylic acids is 2. The highest BCUT2D eigenvalue weighted by Gasteiger charge is 2.69. The van der Waals surface area contributed by atoms with Crippen LogP contribution in [0, 0.1) is 39.9 Å². The van der Waals surface area contributed by atoms with Crippen LogP contribution in [0.3, 0.4) is 0 Å². The molecule has 7 atom stereocenters. The van der Waals surface area contributed by atoms with Gasteiger partial charge in [-0.1, -0.05) is 37.4 Å². The van der Waals surface area contributed by atoms with E-state index in [-0.39, 0.29) is 22.2 Å². The Hall–Kier alpha value is -1.45. The van der Waals surface area contributed by atoms with Crippen molar-refractivity contribution in [1.82, 2.24) is 0 Å². The Labute approximate surface area is 187 Å². The molecule has 0 aromatic heterocycles. The summed E-state index contributed by atoms with van der Waals surface area (Å²) in [5.74, 6) is 2.92. The topological polar surface area (TPSA) is 55.7 Å². The van der Waals surface area contributed by atoms with Crippen LogP contribution in [0.25, 0.3) is 0 Å². The van der Waals surface area contributed by atoms with E-state index in [9.17, 15) is 9.59 Å². The minimum Gasteiger partial charge on any atom is -0.318 e. The smallest absolute Gasteiger partial charge is 0.318 e. The van der Waals surface area contributed by atoms with Crippen LogP contribution in [0.15, 0.2) is 16.8 Å². The van der Waals surface area contributed by atoms with E-state index >= 15 is 0 Å². The van der Waals surface area contributed by atoms with Crippen LogP contribution in [-0.2, 0) is 14.4 Å². The van der Waals surface area contributed by atoms with E-state index < -0.39 is 0 Å². The van der Waals surface area contributed by atoms with Gasteiger partial charge in [-0.2, -0.15) is 0 Å². The summed E-state index contributed by atoms with van der Waals surface area (Å²) in [5, 5.41) is 4.10. The second-order valence-corrected chi connectivity index (χ2v) is 11.8. The molecule has 0 bridgehead atoms. The molecule has 0 radical (unpaired) electrons. The van der Waals surface area contributed by atoms with Crippen LogP contribution in [0.5, 0.6) is 0 Å². The van der Waals surface area contributed by atoms with Crippen molar-refractivity contribution in [1.29, 1.82) is 0 Å². The minimum atomic E-state index is -0.350. The molecule has 0 heterocycles. The average molecular weight is 426 g/mol. The molecule has 0 saturated heterocycles. The molecule has 0 amide bonds. The van der Waals surface area contributed by atoms with Crippen LogP contribution in [-0.4, -0.2) is 17.5 Å². The van der Waals surface area contributed by atoms with Crippen molar-refractivity contribution in [3.05, 3.63) is 11.6 Å². The van der Waals surface area contributed by atoms with Crippen molar-refractivity contribution in [3.8, 4) is 0 Å². The largest absolute Gasteiger partial charge is 0.331 e. The Kier molecular flexibility index (Phi) is 5.03. The molecule has 4 heteroatoms. The van der Waals surface area contributed by atoms with Gasteiger partial charge in [-0.25, -0.2) is 4.79 Å². The van der Waals surface area contributed by atoms with Crippen molar-refractivity contribution in [2.45, 2.75) is 98.3 Å². The number of ketones is 1. The SMILES string of the molecule is CC(=O)O/N=C1/C=C2CCC3C(CC[C@@]4(C)C3C[C@H]3CCCC[C@]34C(C)=O)[C@@]2(C)CC1. The fourth-order valence-electron chi connectivity index (χ4n) is 9.56. The van der Waals surface area contributed by atoms with E-state index in [1.54, 1.807) is 0 Å². The maximum atomic E-state index is 13.2. The van der Waals surface area contributed by atoms with Crippen LogP contribution in [0.1, 0.15) is 98.3 Å². The number of hydrogen-bond acceptors (Lipinski definition) is 4. The fourth-order valence-corrected chi connectivity index (χ4v) is 9.56. The molecule has 0 N–H and O–H groups in total. The van der Waals surface area contributed by atoms with Crippen LogP contribution in [0.4, 0.5) is 0 Å². The number of carbonyl (C=O) groups is 2. The van der Waals surface area contributed by atoms with E-state index in [1.165, 1.54) is 57.4 Å². The molecule has 5 rings (SSSR count). The number of nitrogens with zero attached hydrogens (tertiary/aromatic N) is 1. The second kappa shape index (κ2) is 7.28. The summed E-state index contributed by atoms with van der Waals surface area (Å²) in [4.78, 5) is 29.3. The fraction of sp³-hybridized carbons (Fsp3) is 0.815. The number of fused-ring (bicyclic) bond motifs is 7. The van der Waals surface area contributed by atoms with Gasteiger partial charge in [0, 0.05) is 12.3 Å². The van der Waals surface area contributed by atoms with Gasteiger partial charge in [0.25, 0.3) is 0 Å². The molecule has 4 fully saturated rings. The van der Waals surface area contributed by atoms with Crippen molar-refractivity contribution in [2.24, 2.45) is 45.1 Å². The number of hydrogen-bond donors (Lipinski definition) is 0. The molecule has 4 saturated carbocycles. The molecule has 31 heavy (non-hydrogen) atoms. The Morgan fingerprint density at radius 1 is 1.00 bits per heavy atom. The van der Waals surface area contributed by atoms with Crippen LogP contribution in [0.2, 0.25) is 0 Å². The van der Waals surface area contributed by atoms with Gasteiger partial charge in [-0.3, -0.25) is 4.79 Å². The zero-order valence-electron chi connectivity index (χ0n) is 19.8. The summed E-state index contributed by atoms with van der Waals surface area (Å²) in [7, 11) is 0. The third kappa shape index (κ3) is 2.88. The Balaban J connectivity index is 1.46. The van der Waals surface area contributed by atoms with E-state index in [4.69, 9.17) is 4.84 Å². The summed E-state index contributed by atoms with van der Waals surface area (Å²) in [6.07, 6.45) is 15.3. The Morgan fingerprint density at radius 2 is 1.81 bits per heavy atom. The van der Waals surface area contributed by atoms with Crippen molar-refractivity contribution in [3.63, 3.8) is 0 Å². The number of oxime groups is 1. The maximum Gasteiger partial charge on any atom is 0.331 e. The third-order valence-electron chi connectivity index (χ3n) is 10.9. The van der Waals surface area contributed by atoms with Gasteiger partial charge in [0.1, 0.15) is 5.78 Å². The van der Waals surface area contributed by atoms with Gasteiger partial charge in [-0.05, 0) is 105 Å². The second-order valence-electron chi connectivity index (χ2n) is 11.8. The molecule has 0 aliphatic heterocycles. The monoisotopic (exact) mass is 425 g/mol. The summed E-state index contributed by atoms with van der Waals surface area (Å²) < 4.78 is 0. The van der Waals surface area contributed by atoms with Gasteiger partial charge < -0.3 is 4.84 Å². The van der Waals surface area contributed by atoms with Gasteiger partial charge >= 0.3 is 5.97 Å². The molecular weight excluding hydrogens is 386 g/mol. The molecular formula is C27H39NO3. The predicted molar refractivity (Wildman–Crippen MR) is 121 cm³/mol. The summed E-state index contributed by atoms with van der Waals surface area (Å²) in [6, 6.07) is 0. The number of Topliss-reactive ketones (excluding diaryl/α,β-unsaturated/α-hetero) is 1. The lowest BCUT2D eigenvalue weighted by Crippen LogP contribution is -2.55. The molecule has 0 aromatic rings. The normalized spacial score (nSPS) is 47.5. The molecule has 0 aromatic carbocycles. The van der Waals surface area contributed by atoms with Crippen LogP contribution >= 0.6 is 0 Å². The molecule has 0 spiro atoms. The van der Waals surface area contributed by atoms with Crippen molar-refractivity contribution >= 4 is 17.5 Å². The Morgan fingerprint density at radius 3 is 2.55 bits per heavy atom. The van der Waals surface area contributed by atoms with Crippen LogP contribution < -0.4 is 0 Å². The zero-order chi connectivity index (χ0) is 22.0. The van der Waals surface area contributed by atoms with Gasteiger partial charge in [0.2, 0.25) is 0 Å². The van der Waals surface area contributed by atoms with Gasteiger partial charge in [0.15, 0.2) is 0 Å². The number of allylic oxidation sites excluding steroid dienone is 2. The summed E-state index contributed by atoms with van der Waals surface area (Å²) in [5.41, 5.74) is 2.82. The van der Waals surface area contributed by atoms with E-state index in [1.807, 2.05) is 6.92 Å². The lowest BCUT2D eigenvalue weighted by atomic mass is 9.44. The van der Waals surface area contributed by atoms with Crippen molar-refractivity contribution in [2.75, 3.05) is 0 Å². The zero-order valence-corrected chi connectivity index (χ0v) is 19.8.